The van der Waals surface area contributed by atoms with Crippen LogP contribution in [0.15, 0.2) is 18.3 Å². The lowest BCUT2D eigenvalue weighted by Gasteiger charge is -2.13. The lowest BCUT2D eigenvalue weighted by atomic mass is 10.2. The molecule has 156 valence electrons. The lowest BCUT2D eigenvalue weighted by molar-refractivity contribution is -0.154. The maximum Gasteiger partial charge on any atom is 0.453 e. The molecule has 0 amide bonds. The minimum absolute atomic E-state index is 0.0212. The molecule has 29 heavy (non-hydrogen) atoms. The van der Waals surface area contributed by atoms with Crippen LogP contribution in [0.5, 0.6) is 5.88 Å². The average Bonchev–Trinajstić information content (AvgIpc) is 3.06. The number of ether oxygens (including phenoxy) is 1. The summed E-state index contributed by atoms with van der Waals surface area (Å²) in [6.45, 7) is 1.81. The largest absolute Gasteiger partial charge is 0.468 e. The van der Waals surface area contributed by atoms with E-state index in [1.807, 2.05) is 0 Å². The van der Waals surface area contributed by atoms with Crippen molar-refractivity contribution in [1.29, 1.82) is 0 Å². The van der Waals surface area contributed by atoms with Crippen LogP contribution in [-0.2, 0) is 12.7 Å². The molecule has 7 nitrogen and oxygen atoms in total. The maximum absolute atomic E-state index is 13.1. The van der Waals surface area contributed by atoms with Gasteiger partial charge in [-0.15, -0.1) is 15.3 Å². The van der Waals surface area contributed by atoms with E-state index in [0.29, 0.717) is 21.2 Å². The average molecular weight is 420 g/mol. The molecule has 3 heterocycles. The van der Waals surface area contributed by atoms with Gasteiger partial charge in [0.2, 0.25) is 5.88 Å². The summed E-state index contributed by atoms with van der Waals surface area (Å²) in [6, 6.07) is 2.81. The summed E-state index contributed by atoms with van der Waals surface area (Å²) in [4.78, 5) is 3.69. The van der Waals surface area contributed by atoms with E-state index >= 15 is 0 Å². The Hall–Kier alpha value is -3.12. The Balaban J connectivity index is 1.83. The molecule has 0 unspecified atom stereocenters. The standard InChI is InChI=1S/C16H14F6N6O/c1-8-9(2)13-25-26-14(16(20,21)22)28(13)27-12(8)24-6-10-3-4-23-11(5-10)29-7-15(17,18)19/h3-5H,6-7H2,1-2H3,(H,24,27). The highest BCUT2D eigenvalue weighted by atomic mass is 19.4. The zero-order valence-electron chi connectivity index (χ0n) is 15.1. The predicted octanol–water partition coefficient (Wildman–Crippen LogP) is 3.71. The van der Waals surface area contributed by atoms with Crippen LogP contribution >= 0.6 is 0 Å². The predicted molar refractivity (Wildman–Crippen MR) is 88.4 cm³/mol. The first-order valence-corrected chi connectivity index (χ1v) is 8.14. The zero-order valence-corrected chi connectivity index (χ0v) is 15.1. The number of fused-ring (bicyclic) bond motifs is 1. The van der Waals surface area contributed by atoms with Crippen molar-refractivity contribution < 1.29 is 31.1 Å². The first-order chi connectivity index (χ1) is 13.5. The smallest absolute Gasteiger partial charge is 0.453 e. The quantitative estimate of drug-likeness (QED) is 0.635. The fourth-order valence-corrected chi connectivity index (χ4v) is 2.45. The fraction of sp³-hybridized carbons (Fsp3) is 0.375. The third kappa shape index (κ3) is 4.66. The summed E-state index contributed by atoms with van der Waals surface area (Å²) in [5.41, 5.74) is 1.48. The van der Waals surface area contributed by atoms with Crippen LogP contribution in [-0.4, -0.2) is 37.6 Å². The summed E-state index contributed by atoms with van der Waals surface area (Å²) in [5.74, 6) is -1.34. The molecule has 0 aliphatic carbocycles. The molecule has 0 aliphatic rings. The van der Waals surface area contributed by atoms with Crippen molar-refractivity contribution in [2.75, 3.05) is 11.9 Å². The van der Waals surface area contributed by atoms with Gasteiger partial charge in [-0.1, -0.05) is 0 Å². The minimum atomic E-state index is -4.73. The summed E-state index contributed by atoms with van der Waals surface area (Å²) >= 11 is 0. The first kappa shape index (κ1) is 20.6. The van der Waals surface area contributed by atoms with Gasteiger partial charge in [0.05, 0.1) is 0 Å². The van der Waals surface area contributed by atoms with Crippen molar-refractivity contribution in [2.24, 2.45) is 0 Å². The number of nitrogens with zero attached hydrogens (tertiary/aromatic N) is 5. The Labute approximate surface area is 159 Å². The molecule has 0 saturated carbocycles. The number of pyridine rings is 1. The van der Waals surface area contributed by atoms with Gasteiger partial charge in [-0.05, 0) is 31.0 Å². The molecule has 0 radical (unpaired) electrons. The molecular formula is C16H14F6N6O. The molecule has 1 N–H and O–H groups in total. The van der Waals surface area contributed by atoms with Crippen molar-refractivity contribution in [3.05, 3.63) is 40.8 Å². The minimum Gasteiger partial charge on any atom is -0.468 e. The van der Waals surface area contributed by atoms with Crippen molar-refractivity contribution in [1.82, 2.24) is 24.8 Å². The molecule has 13 heteroatoms. The van der Waals surface area contributed by atoms with E-state index in [2.05, 4.69) is 30.3 Å². The van der Waals surface area contributed by atoms with Crippen LogP contribution < -0.4 is 10.1 Å². The number of rotatable bonds is 5. The van der Waals surface area contributed by atoms with Crippen LogP contribution in [0.4, 0.5) is 32.2 Å². The van der Waals surface area contributed by atoms with Crippen molar-refractivity contribution >= 4 is 11.5 Å². The third-order valence-corrected chi connectivity index (χ3v) is 3.99. The topological polar surface area (TPSA) is 77.2 Å². The molecule has 0 saturated heterocycles. The third-order valence-electron chi connectivity index (χ3n) is 3.99. The number of halogens is 6. The Morgan fingerprint density at radius 2 is 1.79 bits per heavy atom. The van der Waals surface area contributed by atoms with E-state index in [9.17, 15) is 26.3 Å². The summed E-state index contributed by atoms with van der Waals surface area (Å²) in [7, 11) is 0. The van der Waals surface area contributed by atoms with Gasteiger partial charge in [0.1, 0.15) is 0 Å². The number of hydrogen-bond acceptors (Lipinski definition) is 6. The van der Waals surface area contributed by atoms with E-state index in [1.54, 1.807) is 13.8 Å². The summed E-state index contributed by atoms with van der Waals surface area (Å²) in [5, 5.41) is 13.5. The van der Waals surface area contributed by atoms with E-state index in [0.717, 1.165) is 0 Å². The van der Waals surface area contributed by atoms with Gasteiger partial charge in [0, 0.05) is 24.4 Å². The summed E-state index contributed by atoms with van der Waals surface area (Å²) < 4.78 is 81.2. The monoisotopic (exact) mass is 420 g/mol. The fourth-order valence-electron chi connectivity index (χ4n) is 2.45. The van der Waals surface area contributed by atoms with Gasteiger partial charge >= 0.3 is 12.4 Å². The van der Waals surface area contributed by atoms with Crippen molar-refractivity contribution in [3.63, 3.8) is 0 Å². The van der Waals surface area contributed by atoms with Gasteiger partial charge in [-0.3, -0.25) is 0 Å². The van der Waals surface area contributed by atoms with Crippen LogP contribution in [0.1, 0.15) is 22.5 Å². The van der Waals surface area contributed by atoms with Crippen molar-refractivity contribution in [3.8, 4) is 5.88 Å². The Morgan fingerprint density at radius 3 is 2.45 bits per heavy atom. The highest BCUT2D eigenvalue weighted by Crippen LogP contribution is 2.29. The highest BCUT2D eigenvalue weighted by molar-refractivity contribution is 5.58. The molecule has 3 aromatic heterocycles. The van der Waals surface area contributed by atoms with Crippen LogP contribution in [0.25, 0.3) is 5.65 Å². The Bertz CT molecular complexity index is 1030. The van der Waals surface area contributed by atoms with Gasteiger partial charge in [0.25, 0.3) is 5.82 Å². The molecule has 0 aliphatic heterocycles. The number of alkyl halides is 6. The van der Waals surface area contributed by atoms with E-state index in [-0.39, 0.29) is 23.9 Å². The van der Waals surface area contributed by atoms with Gasteiger partial charge in [0.15, 0.2) is 18.1 Å². The maximum atomic E-state index is 13.1. The van der Waals surface area contributed by atoms with Gasteiger partial charge < -0.3 is 10.1 Å². The van der Waals surface area contributed by atoms with Crippen LogP contribution in [0, 0.1) is 13.8 Å². The zero-order chi connectivity index (χ0) is 21.4. The molecular weight excluding hydrogens is 406 g/mol. The normalized spacial score (nSPS) is 12.4. The van der Waals surface area contributed by atoms with Gasteiger partial charge in [-0.25, -0.2) is 4.98 Å². The molecule has 0 atom stereocenters. The number of hydrogen-bond donors (Lipinski definition) is 1. The lowest BCUT2D eigenvalue weighted by Crippen LogP contribution is -2.19. The van der Waals surface area contributed by atoms with Crippen LogP contribution in [0.2, 0.25) is 0 Å². The first-order valence-electron chi connectivity index (χ1n) is 8.14. The number of anilines is 1. The number of aryl methyl sites for hydroxylation is 1. The number of nitrogens with one attached hydrogen (secondary N) is 1. The molecule has 0 spiro atoms. The SMILES string of the molecule is Cc1c(NCc2ccnc(OCC(F)(F)F)c2)nn2c(C(F)(F)F)nnc2c1C. The molecule has 3 aromatic rings. The van der Waals surface area contributed by atoms with Gasteiger partial charge in [-0.2, -0.15) is 30.9 Å². The van der Waals surface area contributed by atoms with Crippen molar-refractivity contribution in [2.45, 2.75) is 32.7 Å². The van der Waals surface area contributed by atoms with E-state index in [1.165, 1.54) is 18.3 Å². The number of aromatic nitrogens is 5. The Kier molecular flexibility index (Phi) is 5.24. The molecule has 0 bridgehead atoms. The molecule has 0 aromatic carbocycles. The second-order valence-corrected chi connectivity index (χ2v) is 6.12. The molecule has 0 fully saturated rings. The second-order valence-electron chi connectivity index (χ2n) is 6.12. The summed E-state index contributed by atoms with van der Waals surface area (Å²) in [6.07, 6.45) is -7.97. The Morgan fingerprint density at radius 1 is 1.07 bits per heavy atom. The highest BCUT2D eigenvalue weighted by Gasteiger charge is 2.38. The molecule has 3 rings (SSSR count). The van der Waals surface area contributed by atoms with E-state index < -0.39 is 24.8 Å². The van der Waals surface area contributed by atoms with Crippen LogP contribution in [0.3, 0.4) is 0 Å². The van der Waals surface area contributed by atoms with E-state index in [4.69, 9.17) is 0 Å². The second kappa shape index (κ2) is 7.37.